The van der Waals surface area contributed by atoms with Crippen LogP contribution in [0.3, 0.4) is 0 Å². The van der Waals surface area contributed by atoms with Crippen molar-refractivity contribution in [2.45, 2.75) is 51.1 Å². The molecular weight excluding hydrogens is 216 g/mol. The number of fused-ring (bicyclic) bond motifs is 1. The first-order chi connectivity index (χ1) is 8.16. The third kappa shape index (κ3) is 3.42. The van der Waals surface area contributed by atoms with E-state index in [0.29, 0.717) is 12.5 Å². The first-order valence-electron chi connectivity index (χ1n) is 6.86. The number of carboxylic acid groups (broad SMARTS) is 1. The predicted octanol–water partition coefficient (Wildman–Crippen LogP) is 1.41. The second-order valence-corrected chi connectivity index (χ2v) is 5.49. The summed E-state index contributed by atoms with van der Waals surface area (Å²) in [7, 11) is 0. The first kappa shape index (κ1) is 12.8. The van der Waals surface area contributed by atoms with Crippen LogP contribution in [0.2, 0.25) is 0 Å². The monoisotopic (exact) mass is 240 g/mol. The molecule has 1 N–H and O–H groups in total. The van der Waals surface area contributed by atoms with E-state index >= 15 is 0 Å². The van der Waals surface area contributed by atoms with Crippen LogP contribution in [-0.2, 0) is 4.79 Å². The topological polar surface area (TPSA) is 43.8 Å². The van der Waals surface area contributed by atoms with E-state index in [1.54, 1.807) is 0 Å². The summed E-state index contributed by atoms with van der Waals surface area (Å²) in [6.45, 7) is 6.78. The summed E-state index contributed by atoms with van der Waals surface area (Å²) in [5.74, 6) is -0.672. The molecule has 2 rings (SSSR count). The molecule has 2 saturated heterocycles. The second kappa shape index (κ2) is 5.83. The number of nitrogens with zero attached hydrogens (tertiary/aromatic N) is 2. The van der Waals surface area contributed by atoms with Crippen molar-refractivity contribution in [3.63, 3.8) is 0 Å². The van der Waals surface area contributed by atoms with Gasteiger partial charge in [-0.2, -0.15) is 0 Å². The zero-order valence-corrected chi connectivity index (χ0v) is 10.8. The van der Waals surface area contributed by atoms with Crippen molar-refractivity contribution in [3.05, 3.63) is 0 Å². The fourth-order valence-electron chi connectivity index (χ4n) is 3.16. The van der Waals surface area contributed by atoms with E-state index in [-0.39, 0.29) is 0 Å². The minimum absolute atomic E-state index is 0.303. The lowest BCUT2D eigenvalue weighted by Crippen LogP contribution is -2.58. The predicted molar refractivity (Wildman–Crippen MR) is 67.1 cm³/mol. The Bertz CT molecular complexity index is 270. The highest BCUT2D eigenvalue weighted by Crippen LogP contribution is 2.24. The molecule has 0 radical (unpaired) electrons. The summed E-state index contributed by atoms with van der Waals surface area (Å²) in [4.78, 5) is 15.6. The number of aliphatic carboxylic acids is 1. The van der Waals surface area contributed by atoms with Gasteiger partial charge in [0.15, 0.2) is 0 Å². The van der Waals surface area contributed by atoms with Gasteiger partial charge in [-0.25, -0.2) is 0 Å². The Morgan fingerprint density at radius 2 is 2.18 bits per heavy atom. The van der Waals surface area contributed by atoms with Gasteiger partial charge in [-0.05, 0) is 39.3 Å². The second-order valence-electron chi connectivity index (χ2n) is 5.49. The summed E-state index contributed by atoms with van der Waals surface area (Å²) >= 11 is 0. The molecule has 2 atom stereocenters. The van der Waals surface area contributed by atoms with Crippen molar-refractivity contribution in [3.8, 4) is 0 Å². The summed E-state index contributed by atoms with van der Waals surface area (Å²) in [5.41, 5.74) is 0. The molecule has 17 heavy (non-hydrogen) atoms. The minimum atomic E-state index is -0.672. The molecule has 0 aliphatic carbocycles. The van der Waals surface area contributed by atoms with E-state index in [9.17, 15) is 4.79 Å². The Morgan fingerprint density at radius 3 is 2.94 bits per heavy atom. The lowest BCUT2D eigenvalue weighted by Gasteiger charge is -2.47. The number of hydrogen-bond acceptors (Lipinski definition) is 3. The van der Waals surface area contributed by atoms with E-state index in [1.165, 1.54) is 25.8 Å². The fourth-order valence-corrected chi connectivity index (χ4v) is 3.16. The summed E-state index contributed by atoms with van der Waals surface area (Å²) < 4.78 is 0. The Balaban J connectivity index is 1.80. The normalized spacial score (nSPS) is 31.1. The van der Waals surface area contributed by atoms with Gasteiger partial charge >= 0.3 is 5.97 Å². The number of carbonyl (C=O) groups is 1. The number of rotatable bonds is 4. The Labute approximate surface area is 104 Å². The van der Waals surface area contributed by atoms with Gasteiger partial charge in [0.2, 0.25) is 0 Å². The molecule has 0 aromatic heterocycles. The van der Waals surface area contributed by atoms with Crippen molar-refractivity contribution < 1.29 is 9.90 Å². The van der Waals surface area contributed by atoms with Crippen LogP contribution in [0.4, 0.5) is 0 Å². The largest absolute Gasteiger partial charge is 0.481 e. The van der Waals surface area contributed by atoms with Gasteiger partial charge in [-0.1, -0.05) is 6.42 Å². The van der Waals surface area contributed by atoms with Crippen LogP contribution in [0.1, 0.15) is 39.0 Å². The molecule has 0 saturated carbocycles. The molecule has 4 nitrogen and oxygen atoms in total. The van der Waals surface area contributed by atoms with Gasteiger partial charge in [0, 0.05) is 31.6 Å². The minimum Gasteiger partial charge on any atom is -0.481 e. The highest BCUT2D eigenvalue weighted by Gasteiger charge is 2.32. The van der Waals surface area contributed by atoms with Crippen LogP contribution >= 0.6 is 0 Å². The van der Waals surface area contributed by atoms with Gasteiger partial charge in [0.1, 0.15) is 0 Å². The molecule has 4 heteroatoms. The molecule has 0 amide bonds. The lowest BCUT2D eigenvalue weighted by molar-refractivity contribution is -0.137. The molecule has 0 spiro atoms. The van der Waals surface area contributed by atoms with Crippen LogP contribution in [0.25, 0.3) is 0 Å². The molecule has 2 unspecified atom stereocenters. The fraction of sp³-hybridized carbons (Fsp3) is 0.923. The SMILES string of the molecule is CC1CN2CCCCC2CN1CCCC(=O)O. The van der Waals surface area contributed by atoms with E-state index < -0.39 is 5.97 Å². The average Bonchev–Trinajstić information content (AvgIpc) is 2.29. The molecule has 98 valence electrons. The molecule has 0 bridgehead atoms. The number of carboxylic acids is 1. The van der Waals surface area contributed by atoms with Crippen LogP contribution in [0, 0.1) is 0 Å². The summed E-state index contributed by atoms with van der Waals surface area (Å²) in [6.07, 6.45) is 5.12. The zero-order valence-electron chi connectivity index (χ0n) is 10.8. The summed E-state index contributed by atoms with van der Waals surface area (Å²) in [6, 6.07) is 1.31. The van der Waals surface area contributed by atoms with E-state index in [0.717, 1.165) is 32.1 Å². The Hall–Kier alpha value is -0.610. The van der Waals surface area contributed by atoms with Crippen molar-refractivity contribution in [2.75, 3.05) is 26.2 Å². The lowest BCUT2D eigenvalue weighted by atomic mass is 9.97. The maximum atomic E-state index is 10.5. The van der Waals surface area contributed by atoms with Gasteiger partial charge < -0.3 is 5.11 Å². The van der Waals surface area contributed by atoms with Gasteiger partial charge in [-0.3, -0.25) is 14.6 Å². The number of piperazine rings is 1. The van der Waals surface area contributed by atoms with Gasteiger partial charge in [0.05, 0.1) is 0 Å². The molecule has 2 aliphatic rings. The van der Waals surface area contributed by atoms with Gasteiger partial charge in [-0.15, -0.1) is 0 Å². The maximum absolute atomic E-state index is 10.5. The van der Waals surface area contributed by atoms with Crippen molar-refractivity contribution in [1.29, 1.82) is 0 Å². The van der Waals surface area contributed by atoms with Crippen LogP contribution in [-0.4, -0.2) is 59.1 Å². The standard InChI is InChI=1S/C13H24N2O2/c1-11-9-15-7-3-2-5-12(15)10-14(11)8-4-6-13(16)17/h11-12H,2-10H2,1H3,(H,16,17). The van der Waals surface area contributed by atoms with Crippen LogP contribution in [0.5, 0.6) is 0 Å². The maximum Gasteiger partial charge on any atom is 0.303 e. The molecule has 2 aliphatic heterocycles. The number of piperidine rings is 1. The van der Waals surface area contributed by atoms with E-state index in [2.05, 4.69) is 16.7 Å². The molecule has 2 heterocycles. The van der Waals surface area contributed by atoms with Gasteiger partial charge in [0.25, 0.3) is 0 Å². The van der Waals surface area contributed by atoms with Crippen molar-refractivity contribution >= 4 is 5.97 Å². The average molecular weight is 240 g/mol. The molecule has 0 aromatic rings. The van der Waals surface area contributed by atoms with Crippen LogP contribution in [0.15, 0.2) is 0 Å². The van der Waals surface area contributed by atoms with Crippen molar-refractivity contribution in [1.82, 2.24) is 9.80 Å². The zero-order chi connectivity index (χ0) is 12.3. The third-order valence-electron chi connectivity index (χ3n) is 4.15. The quantitative estimate of drug-likeness (QED) is 0.807. The molecule has 0 aromatic carbocycles. The van der Waals surface area contributed by atoms with Crippen molar-refractivity contribution in [2.24, 2.45) is 0 Å². The highest BCUT2D eigenvalue weighted by atomic mass is 16.4. The summed E-state index contributed by atoms with van der Waals surface area (Å²) in [5, 5.41) is 8.67. The highest BCUT2D eigenvalue weighted by molar-refractivity contribution is 5.66. The van der Waals surface area contributed by atoms with Crippen LogP contribution < -0.4 is 0 Å². The van der Waals surface area contributed by atoms with E-state index in [1.807, 2.05) is 0 Å². The number of hydrogen-bond donors (Lipinski definition) is 1. The van der Waals surface area contributed by atoms with E-state index in [4.69, 9.17) is 5.11 Å². The smallest absolute Gasteiger partial charge is 0.303 e. The Kier molecular flexibility index (Phi) is 4.40. The first-order valence-corrected chi connectivity index (χ1v) is 6.86. The Morgan fingerprint density at radius 1 is 1.35 bits per heavy atom. The molecule has 2 fully saturated rings. The molecular formula is C13H24N2O2. The third-order valence-corrected chi connectivity index (χ3v) is 4.15.